The van der Waals surface area contributed by atoms with Crippen molar-refractivity contribution in [3.05, 3.63) is 35.4 Å². The average molecular weight is 388 g/mol. The Bertz CT molecular complexity index is 724. The topological polar surface area (TPSA) is 84.0 Å². The van der Waals surface area contributed by atoms with Gasteiger partial charge in [0.1, 0.15) is 0 Å². The molecule has 0 spiro atoms. The highest BCUT2D eigenvalue weighted by Crippen LogP contribution is 2.22. The van der Waals surface area contributed by atoms with Crippen LogP contribution in [0.5, 0.6) is 0 Å². The van der Waals surface area contributed by atoms with Crippen LogP contribution in [-0.4, -0.2) is 60.2 Å². The third-order valence-electron chi connectivity index (χ3n) is 4.69. The van der Waals surface area contributed by atoms with E-state index in [1.54, 1.807) is 36.1 Å². The molecule has 0 aromatic heterocycles. The lowest BCUT2D eigenvalue weighted by atomic mass is 10.1. The van der Waals surface area contributed by atoms with Crippen molar-refractivity contribution in [3.8, 4) is 0 Å². The lowest BCUT2D eigenvalue weighted by Crippen LogP contribution is -2.40. The Hall–Kier alpha value is -2.70. The lowest BCUT2D eigenvalue weighted by Gasteiger charge is -2.27. The smallest absolute Gasteiger partial charge is 0.310 e. The second kappa shape index (κ2) is 9.48. The minimum atomic E-state index is -0.413. The van der Waals surface area contributed by atoms with Crippen molar-refractivity contribution < 1.29 is 23.9 Å². The molecule has 0 N–H and O–H groups in total. The molecule has 7 heteroatoms. The highest BCUT2D eigenvalue weighted by atomic mass is 16.5. The number of ether oxygens (including phenoxy) is 1. The molecule has 7 nitrogen and oxygen atoms in total. The fourth-order valence-corrected chi connectivity index (χ4v) is 3.31. The highest BCUT2D eigenvalue weighted by molar-refractivity contribution is 6.21. The van der Waals surface area contributed by atoms with Gasteiger partial charge in [-0.05, 0) is 24.5 Å². The van der Waals surface area contributed by atoms with Gasteiger partial charge in [0.15, 0.2) is 0 Å². The van der Waals surface area contributed by atoms with Crippen LogP contribution in [-0.2, 0) is 14.3 Å². The Kier molecular flexibility index (Phi) is 7.31. The zero-order chi connectivity index (χ0) is 20.8. The lowest BCUT2D eigenvalue weighted by molar-refractivity contribution is -0.146. The maximum Gasteiger partial charge on any atom is 0.310 e. The van der Waals surface area contributed by atoms with Crippen LogP contribution in [0, 0.1) is 11.8 Å². The first kappa shape index (κ1) is 21.6. The maximum absolute atomic E-state index is 12.7. The molecule has 0 radical (unpaired) electrons. The van der Waals surface area contributed by atoms with Crippen molar-refractivity contribution in [2.24, 2.45) is 11.8 Å². The first-order valence-corrected chi connectivity index (χ1v) is 9.57. The van der Waals surface area contributed by atoms with Crippen molar-refractivity contribution in [1.82, 2.24) is 9.80 Å². The van der Waals surface area contributed by atoms with Crippen LogP contribution in [0.4, 0.5) is 0 Å². The molecule has 1 aromatic carbocycles. The number of nitrogens with zero attached hydrogens (tertiary/aromatic N) is 2. The first-order chi connectivity index (χ1) is 13.3. The summed E-state index contributed by atoms with van der Waals surface area (Å²) < 4.78 is 4.74. The molecule has 0 fully saturated rings. The number of imide groups is 1. The van der Waals surface area contributed by atoms with E-state index >= 15 is 0 Å². The molecule has 0 saturated carbocycles. The van der Waals surface area contributed by atoms with E-state index in [1.807, 2.05) is 13.8 Å². The van der Waals surface area contributed by atoms with Crippen molar-refractivity contribution in [1.29, 1.82) is 0 Å². The van der Waals surface area contributed by atoms with Crippen LogP contribution < -0.4 is 0 Å². The number of rotatable bonds is 9. The Balaban J connectivity index is 1.93. The Labute approximate surface area is 165 Å². The van der Waals surface area contributed by atoms with Crippen LogP contribution in [0.1, 0.15) is 54.3 Å². The van der Waals surface area contributed by atoms with Gasteiger partial charge in [-0.15, -0.1) is 0 Å². The number of carbonyl (C=O) groups excluding carboxylic acids is 4. The number of amides is 3. The van der Waals surface area contributed by atoms with E-state index in [9.17, 15) is 19.2 Å². The summed E-state index contributed by atoms with van der Waals surface area (Å²) in [4.78, 5) is 52.0. The molecular weight excluding hydrogens is 360 g/mol. The van der Waals surface area contributed by atoms with E-state index in [0.717, 1.165) is 0 Å². The number of benzene rings is 1. The van der Waals surface area contributed by atoms with E-state index in [0.29, 0.717) is 24.1 Å². The number of methoxy groups -OCH3 is 1. The summed E-state index contributed by atoms with van der Waals surface area (Å²) in [5, 5.41) is 0. The summed E-state index contributed by atoms with van der Waals surface area (Å²) >= 11 is 0. The van der Waals surface area contributed by atoms with Gasteiger partial charge in [0.2, 0.25) is 5.91 Å². The molecule has 1 aliphatic heterocycles. The Morgan fingerprint density at radius 2 is 1.61 bits per heavy atom. The summed E-state index contributed by atoms with van der Waals surface area (Å²) in [5.74, 6) is -1.24. The minimum Gasteiger partial charge on any atom is -0.469 e. The van der Waals surface area contributed by atoms with Gasteiger partial charge in [-0.25, -0.2) is 0 Å². The highest BCUT2D eigenvalue weighted by Gasteiger charge is 2.34. The van der Waals surface area contributed by atoms with Gasteiger partial charge < -0.3 is 9.64 Å². The molecule has 28 heavy (non-hydrogen) atoms. The average Bonchev–Trinajstić information content (AvgIpc) is 2.91. The van der Waals surface area contributed by atoms with Crippen molar-refractivity contribution in [2.75, 3.05) is 26.7 Å². The molecular formula is C21H28N2O5. The molecule has 152 valence electrons. The fraction of sp³-hybridized carbons (Fsp3) is 0.524. The fourth-order valence-electron chi connectivity index (χ4n) is 3.31. The molecule has 0 saturated heterocycles. The zero-order valence-corrected chi connectivity index (χ0v) is 16.9. The molecule has 1 unspecified atom stereocenters. The summed E-state index contributed by atoms with van der Waals surface area (Å²) in [6.07, 6.45) is 0.583. The van der Waals surface area contributed by atoms with Crippen molar-refractivity contribution in [2.45, 2.75) is 33.6 Å². The van der Waals surface area contributed by atoms with Crippen LogP contribution >= 0.6 is 0 Å². The Morgan fingerprint density at radius 3 is 2.11 bits per heavy atom. The van der Waals surface area contributed by atoms with Gasteiger partial charge in [-0.1, -0.05) is 32.9 Å². The van der Waals surface area contributed by atoms with Gasteiger partial charge in [0.25, 0.3) is 11.8 Å². The van der Waals surface area contributed by atoms with E-state index in [4.69, 9.17) is 4.74 Å². The number of fused-ring (bicyclic) bond motifs is 1. The number of carbonyl (C=O) groups is 4. The summed E-state index contributed by atoms with van der Waals surface area (Å²) in [7, 11) is 1.33. The quantitative estimate of drug-likeness (QED) is 0.479. The van der Waals surface area contributed by atoms with E-state index < -0.39 is 5.92 Å². The van der Waals surface area contributed by atoms with E-state index in [2.05, 4.69) is 0 Å². The summed E-state index contributed by atoms with van der Waals surface area (Å²) in [5.41, 5.74) is 0.819. The molecule has 0 bridgehead atoms. The number of hydrogen-bond acceptors (Lipinski definition) is 5. The molecule has 1 aromatic rings. The monoisotopic (exact) mass is 388 g/mol. The van der Waals surface area contributed by atoms with Gasteiger partial charge in [0.05, 0.1) is 24.2 Å². The van der Waals surface area contributed by atoms with E-state index in [-0.39, 0.29) is 49.1 Å². The predicted molar refractivity (Wildman–Crippen MR) is 104 cm³/mol. The van der Waals surface area contributed by atoms with Crippen molar-refractivity contribution in [3.63, 3.8) is 0 Å². The van der Waals surface area contributed by atoms with Crippen molar-refractivity contribution >= 4 is 23.7 Å². The molecule has 1 aliphatic rings. The largest absolute Gasteiger partial charge is 0.469 e. The normalized spacial score (nSPS) is 14.2. The van der Waals surface area contributed by atoms with Gasteiger partial charge >= 0.3 is 5.97 Å². The van der Waals surface area contributed by atoms with Gasteiger partial charge in [-0.3, -0.25) is 24.1 Å². The van der Waals surface area contributed by atoms with Gasteiger partial charge in [0, 0.05) is 26.1 Å². The number of esters is 1. The van der Waals surface area contributed by atoms with Crippen LogP contribution in [0.15, 0.2) is 24.3 Å². The Morgan fingerprint density at radius 1 is 1.04 bits per heavy atom. The van der Waals surface area contributed by atoms with Gasteiger partial charge in [-0.2, -0.15) is 0 Å². The first-order valence-electron chi connectivity index (χ1n) is 9.57. The van der Waals surface area contributed by atoms with Crippen LogP contribution in [0.25, 0.3) is 0 Å². The molecule has 0 aliphatic carbocycles. The third-order valence-corrected chi connectivity index (χ3v) is 4.69. The third kappa shape index (κ3) is 4.97. The maximum atomic E-state index is 12.7. The zero-order valence-electron chi connectivity index (χ0n) is 16.9. The second-order valence-electron chi connectivity index (χ2n) is 7.53. The molecule has 1 atom stereocenters. The molecule has 1 heterocycles. The standard InChI is InChI=1S/C21H28N2O5/c1-14(2)12-22(13-15(3)21(27)28-4)18(24)10-7-11-23-19(25)16-8-5-6-9-17(16)20(23)26/h5-6,8-9,14-15H,7,10-13H2,1-4H3. The van der Waals surface area contributed by atoms with Crippen LogP contribution in [0.3, 0.4) is 0 Å². The molecule has 3 amide bonds. The summed E-state index contributed by atoms with van der Waals surface area (Å²) in [6.45, 7) is 6.75. The number of hydrogen-bond donors (Lipinski definition) is 0. The predicted octanol–water partition coefficient (Wildman–Crippen LogP) is 2.36. The van der Waals surface area contributed by atoms with Crippen LogP contribution in [0.2, 0.25) is 0 Å². The molecule has 2 rings (SSSR count). The van der Waals surface area contributed by atoms with E-state index in [1.165, 1.54) is 12.0 Å². The minimum absolute atomic E-state index is 0.0962. The second-order valence-corrected chi connectivity index (χ2v) is 7.53. The SMILES string of the molecule is COC(=O)C(C)CN(CC(C)C)C(=O)CCCN1C(=O)c2ccccc2C1=O. The summed E-state index contributed by atoms with van der Waals surface area (Å²) in [6, 6.07) is 6.73.